The number of aliphatic imine (C=N–C) groups is 1. The van der Waals surface area contributed by atoms with Gasteiger partial charge in [0, 0.05) is 11.1 Å². The maximum Gasteiger partial charge on any atom is 0.288 e. The summed E-state index contributed by atoms with van der Waals surface area (Å²) in [6.07, 6.45) is 1.95. The number of rotatable bonds is 3. The molecule has 3 rings (SSSR count). The molecular formula is C17H16N2O2. The lowest BCUT2D eigenvalue weighted by Crippen LogP contribution is -2.20. The average Bonchev–Trinajstić information content (AvgIpc) is 2.55. The smallest absolute Gasteiger partial charge is 0.288 e. The molecule has 1 atom stereocenters. The second kappa shape index (κ2) is 5.71. The zero-order valence-corrected chi connectivity index (χ0v) is 11.7. The van der Waals surface area contributed by atoms with Crippen molar-refractivity contribution in [3.05, 3.63) is 71.8 Å². The van der Waals surface area contributed by atoms with Crippen LogP contribution in [0.2, 0.25) is 0 Å². The lowest BCUT2D eigenvalue weighted by molar-refractivity contribution is 0.406. The first kappa shape index (κ1) is 13.2. The molecular weight excluding hydrogens is 264 g/mol. The molecule has 0 aromatic heterocycles. The van der Waals surface area contributed by atoms with E-state index in [4.69, 9.17) is 15.2 Å². The molecule has 1 aliphatic rings. The molecule has 2 N–H and O–H groups in total. The standard InChI is InChI=1S/C17H16N2O2/c1-20-15-10-6-5-9-13(15)14-11-16(21-17(18)19-14)12-7-3-2-4-8-12/h2-11,14H,1H3,(H2,18,19). The molecule has 0 radical (unpaired) electrons. The first-order valence-corrected chi connectivity index (χ1v) is 6.69. The fourth-order valence-electron chi connectivity index (χ4n) is 2.32. The Labute approximate surface area is 123 Å². The maximum atomic E-state index is 5.83. The highest BCUT2D eigenvalue weighted by Gasteiger charge is 2.20. The van der Waals surface area contributed by atoms with Crippen LogP contribution in [0.4, 0.5) is 0 Å². The maximum absolute atomic E-state index is 5.83. The van der Waals surface area contributed by atoms with Crippen LogP contribution in [-0.4, -0.2) is 13.1 Å². The molecule has 106 valence electrons. The van der Waals surface area contributed by atoms with Crippen molar-refractivity contribution in [3.63, 3.8) is 0 Å². The minimum atomic E-state index is -0.217. The normalized spacial score (nSPS) is 17.5. The van der Waals surface area contributed by atoms with E-state index in [1.165, 1.54) is 0 Å². The van der Waals surface area contributed by atoms with Crippen LogP contribution < -0.4 is 10.5 Å². The summed E-state index contributed by atoms with van der Waals surface area (Å²) < 4.78 is 10.9. The van der Waals surface area contributed by atoms with Crippen LogP contribution in [0, 0.1) is 0 Å². The van der Waals surface area contributed by atoms with E-state index in [0.717, 1.165) is 16.9 Å². The molecule has 0 saturated heterocycles. The molecule has 0 saturated carbocycles. The predicted octanol–water partition coefficient (Wildman–Crippen LogP) is 3.12. The Bertz CT molecular complexity index is 693. The van der Waals surface area contributed by atoms with Gasteiger partial charge in [-0.15, -0.1) is 0 Å². The minimum absolute atomic E-state index is 0.159. The van der Waals surface area contributed by atoms with Crippen molar-refractivity contribution >= 4 is 11.8 Å². The quantitative estimate of drug-likeness (QED) is 0.939. The van der Waals surface area contributed by atoms with Crippen LogP contribution in [0.1, 0.15) is 17.2 Å². The highest BCUT2D eigenvalue weighted by Crippen LogP contribution is 2.33. The van der Waals surface area contributed by atoms with Gasteiger partial charge in [0.05, 0.1) is 7.11 Å². The Hall–Kier alpha value is -2.75. The third-order valence-corrected chi connectivity index (χ3v) is 3.31. The molecule has 0 fully saturated rings. The van der Waals surface area contributed by atoms with Crippen molar-refractivity contribution in [1.29, 1.82) is 0 Å². The van der Waals surface area contributed by atoms with Crippen molar-refractivity contribution in [2.75, 3.05) is 7.11 Å². The molecule has 21 heavy (non-hydrogen) atoms. The molecule has 1 heterocycles. The number of nitrogens with two attached hydrogens (primary N) is 1. The molecule has 1 unspecified atom stereocenters. The van der Waals surface area contributed by atoms with Gasteiger partial charge in [-0.25, -0.2) is 4.99 Å². The molecule has 0 amide bonds. The van der Waals surface area contributed by atoms with Gasteiger partial charge < -0.3 is 15.2 Å². The van der Waals surface area contributed by atoms with E-state index in [-0.39, 0.29) is 12.1 Å². The van der Waals surface area contributed by atoms with Gasteiger partial charge in [-0.05, 0) is 12.1 Å². The predicted molar refractivity (Wildman–Crippen MR) is 82.9 cm³/mol. The number of amidine groups is 1. The number of benzene rings is 2. The van der Waals surface area contributed by atoms with Crippen LogP contribution >= 0.6 is 0 Å². The topological polar surface area (TPSA) is 56.8 Å². The molecule has 1 aliphatic heterocycles. The number of ether oxygens (including phenoxy) is 2. The summed E-state index contributed by atoms with van der Waals surface area (Å²) in [6.45, 7) is 0. The minimum Gasteiger partial charge on any atom is -0.496 e. The third kappa shape index (κ3) is 2.74. The second-order valence-electron chi connectivity index (χ2n) is 4.65. The number of hydrogen-bond acceptors (Lipinski definition) is 4. The summed E-state index contributed by atoms with van der Waals surface area (Å²) in [5, 5.41) is 0. The van der Waals surface area contributed by atoms with Gasteiger partial charge in [0.1, 0.15) is 17.6 Å². The lowest BCUT2D eigenvalue weighted by atomic mass is 10.0. The van der Waals surface area contributed by atoms with Crippen molar-refractivity contribution < 1.29 is 9.47 Å². The Morgan fingerprint density at radius 3 is 2.52 bits per heavy atom. The van der Waals surface area contributed by atoms with Crippen molar-refractivity contribution in [1.82, 2.24) is 0 Å². The highest BCUT2D eigenvalue weighted by molar-refractivity contribution is 5.82. The van der Waals surface area contributed by atoms with Crippen molar-refractivity contribution in [3.8, 4) is 5.75 Å². The Morgan fingerprint density at radius 1 is 1.05 bits per heavy atom. The molecule has 2 aromatic rings. The molecule has 4 heteroatoms. The number of methoxy groups -OCH3 is 1. The van der Waals surface area contributed by atoms with E-state index in [9.17, 15) is 0 Å². The van der Waals surface area contributed by atoms with E-state index < -0.39 is 0 Å². The Kier molecular flexibility index (Phi) is 3.60. The summed E-state index contributed by atoms with van der Waals surface area (Å²) in [5.41, 5.74) is 7.75. The monoisotopic (exact) mass is 280 g/mol. The lowest BCUT2D eigenvalue weighted by Gasteiger charge is -2.20. The van der Waals surface area contributed by atoms with E-state index in [0.29, 0.717) is 5.76 Å². The molecule has 0 aliphatic carbocycles. The number of nitrogens with zero attached hydrogens (tertiary/aromatic N) is 1. The average molecular weight is 280 g/mol. The van der Waals surface area contributed by atoms with Gasteiger partial charge in [-0.1, -0.05) is 48.5 Å². The van der Waals surface area contributed by atoms with Crippen LogP contribution in [0.15, 0.2) is 65.7 Å². The fourth-order valence-corrected chi connectivity index (χ4v) is 2.32. The van der Waals surface area contributed by atoms with Crippen molar-refractivity contribution in [2.24, 2.45) is 10.7 Å². The van der Waals surface area contributed by atoms with Crippen LogP contribution in [0.25, 0.3) is 5.76 Å². The Morgan fingerprint density at radius 2 is 1.76 bits per heavy atom. The van der Waals surface area contributed by atoms with Crippen LogP contribution in [0.5, 0.6) is 5.75 Å². The first-order chi connectivity index (χ1) is 10.3. The SMILES string of the molecule is COc1ccccc1C1C=C(c2ccccc2)OC(N)=N1. The summed E-state index contributed by atoms with van der Waals surface area (Å²) in [4.78, 5) is 4.35. The molecule has 0 spiro atoms. The second-order valence-corrected chi connectivity index (χ2v) is 4.65. The summed E-state index contributed by atoms with van der Waals surface area (Å²) >= 11 is 0. The van der Waals surface area contributed by atoms with Crippen LogP contribution in [-0.2, 0) is 4.74 Å². The highest BCUT2D eigenvalue weighted by atomic mass is 16.5. The third-order valence-electron chi connectivity index (χ3n) is 3.31. The largest absolute Gasteiger partial charge is 0.496 e. The van der Waals surface area contributed by atoms with E-state index >= 15 is 0 Å². The van der Waals surface area contributed by atoms with Gasteiger partial charge in [0.15, 0.2) is 0 Å². The Balaban J connectivity index is 2.02. The number of para-hydroxylation sites is 1. The zero-order valence-electron chi connectivity index (χ0n) is 11.7. The molecule has 4 nitrogen and oxygen atoms in total. The number of hydrogen-bond donors (Lipinski definition) is 1. The van der Waals surface area contributed by atoms with Gasteiger partial charge in [0.2, 0.25) is 0 Å². The summed E-state index contributed by atoms with van der Waals surface area (Å²) in [5.74, 6) is 1.49. The summed E-state index contributed by atoms with van der Waals surface area (Å²) in [6, 6.07) is 17.5. The molecule has 0 bridgehead atoms. The van der Waals surface area contributed by atoms with Crippen LogP contribution in [0.3, 0.4) is 0 Å². The van der Waals surface area contributed by atoms with Gasteiger partial charge in [0.25, 0.3) is 6.02 Å². The van der Waals surface area contributed by atoms with E-state index in [1.807, 2.05) is 60.7 Å². The van der Waals surface area contributed by atoms with Gasteiger partial charge >= 0.3 is 0 Å². The van der Waals surface area contributed by atoms with E-state index in [1.54, 1.807) is 7.11 Å². The van der Waals surface area contributed by atoms with E-state index in [2.05, 4.69) is 4.99 Å². The van der Waals surface area contributed by atoms with Gasteiger partial charge in [-0.3, -0.25) is 0 Å². The zero-order chi connectivity index (χ0) is 14.7. The summed E-state index contributed by atoms with van der Waals surface area (Å²) in [7, 11) is 1.65. The van der Waals surface area contributed by atoms with Crippen molar-refractivity contribution in [2.45, 2.75) is 6.04 Å². The molecule has 2 aromatic carbocycles. The fraction of sp³-hybridized carbons (Fsp3) is 0.118. The van der Waals surface area contributed by atoms with Gasteiger partial charge in [-0.2, -0.15) is 0 Å². The first-order valence-electron chi connectivity index (χ1n) is 6.69.